The molecule has 0 radical (unpaired) electrons. The van der Waals surface area contributed by atoms with Gasteiger partial charge in [-0.2, -0.15) is 0 Å². The van der Waals surface area contributed by atoms with E-state index in [1.807, 2.05) is 12.1 Å². The van der Waals surface area contributed by atoms with Gasteiger partial charge in [0.05, 0.1) is 19.1 Å². The number of hydrogen-bond donors (Lipinski definition) is 0. The van der Waals surface area contributed by atoms with Crippen molar-refractivity contribution >= 4 is 11.9 Å². The minimum atomic E-state index is -1.33. The third-order valence-corrected chi connectivity index (χ3v) is 4.25. The molecule has 0 saturated heterocycles. The molecule has 1 aromatic rings. The predicted octanol–water partition coefficient (Wildman–Crippen LogP) is 2.10. The molecule has 0 heterocycles. The van der Waals surface area contributed by atoms with Crippen molar-refractivity contribution in [2.24, 2.45) is 5.92 Å². The highest BCUT2D eigenvalue weighted by Crippen LogP contribution is 2.39. The molecular formula is C17H21NO6. The van der Waals surface area contributed by atoms with Crippen LogP contribution in [0.5, 0.6) is 0 Å². The van der Waals surface area contributed by atoms with Crippen LogP contribution in [-0.2, 0) is 25.5 Å². The molecule has 24 heavy (non-hydrogen) atoms. The van der Waals surface area contributed by atoms with E-state index in [1.165, 1.54) is 0 Å². The number of nitrogens with zero attached hydrogens (tertiary/aromatic N) is 1. The zero-order valence-corrected chi connectivity index (χ0v) is 13.8. The van der Waals surface area contributed by atoms with Gasteiger partial charge in [0.15, 0.2) is 5.92 Å². The Hall–Kier alpha value is -2.44. The Labute approximate surface area is 140 Å². The van der Waals surface area contributed by atoms with Crippen molar-refractivity contribution in [1.82, 2.24) is 0 Å². The zero-order chi connectivity index (χ0) is 17.7. The Morgan fingerprint density at radius 1 is 1.21 bits per heavy atom. The predicted molar refractivity (Wildman–Crippen MR) is 85.0 cm³/mol. The molecule has 2 rings (SSSR count). The van der Waals surface area contributed by atoms with Crippen molar-refractivity contribution in [3.8, 4) is 0 Å². The molecule has 7 heteroatoms. The molecule has 0 bridgehead atoms. The van der Waals surface area contributed by atoms with Crippen LogP contribution in [0, 0.1) is 16.0 Å². The Morgan fingerprint density at radius 3 is 2.33 bits per heavy atom. The Morgan fingerprint density at radius 2 is 1.79 bits per heavy atom. The van der Waals surface area contributed by atoms with Gasteiger partial charge in [-0.05, 0) is 31.4 Å². The maximum atomic E-state index is 12.4. The highest BCUT2D eigenvalue weighted by atomic mass is 16.6. The van der Waals surface area contributed by atoms with E-state index in [0.29, 0.717) is 12.0 Å². The molecule has 0 fully saturated rings. The molecule has 0 saturated carbocycles. The lowest BCUT2D eigenvalue weighted by molar-refractivity contribution is -0.529. The number of fused-ring (bicyclic) bond motifs is 1. The maximum absolute atomic E-state index is 12.4. The van der Waals surface area contributed by atoms with E-state index in [2.05, 4.69) is 0 Å². The number of hydrogen-bond acceptors (Lipinski definition) is 6. The highest BCUT2D eigenvalue weighted by Gasteiger charge is 2.49. The molecule has 0 aromatic heterocycles. The Balaban J connectivity index is 2.51. The number of esters is 2. The van der Waals surface area contributed by atoms with Crippen molar-refractivity contribution < 1.29 is 24.0 Å². The number of benzene rings is 1. The molecule has 7 nitrogen and oxygen atoms in total. The molecule has 0 aliphatic heterocycles. The van der Waals surface area contributed by atoms with Gasteiger partial charge in [0.25, 0.3) is 0 Å². The van der Waals surface area contributed by atoms with Gasteiger partial charge in [0.2, 0.25) is 6.04 Å². The quantitative estimate of drug-likeness (QED) is 0.342. The van der Waals surface area contributed by atoms with Crippen LogP contribution in [-0.4, -0.2) is 36.1 Å². The largest absolute Gasteiger partial charge is 0.465 e. The second-order valence-electron chi connectivity index (χ2n) is 5.60. The second-order valence-corrected chi connectivity index (χ2v) is 5.60. The molecule has 1 aliphatic rings. The van der Waals surface area contributed by atoms with Crippen molar-refractivity contribution in [2.45, 2.75) is 38.6 Å². The van der Waals surface area contributed by atoms with Crippen LogP contribution in [0.3, 0.4) is 0 Å². The zero-order valence-electron chi connectivity index (χ0n) is 13.8. The molecule has 2 unspecified atom stereocenters. The van der Waals surface area contributed by atoms with E-state index in [1.54, 1.807) is 26.0 Å². The van der Waals surface area contributed by atoms with Crippen LogP contribution in [0.2, 0.25) is 0 Å². The standard InChI is InChI=1S/C17H21NO6/c1-3-23-16(19)15(17(20)24-4-2)14-12-8-6-5-7-11(12)9-10-13(14)18(21)22/h5-8,13-15H,3-4,9-10H2,1-2H3. The number of carbonyl (C=O) groups is 2. The van der Waals surface area contributed by atoms with E-state index in [9.17, 15) is 19.7 Å². The van der Waals surface area contributed by atoms with E-state index < -0.39 is 34.7 Å². The van der Waals surface area contributed by atoms with Crippen molar-refractivity contribution in [3.63, 3.8) is 0 Å². The third kappa shape index (κ3) is 3.55. The summed E-state index contributed by atoms with van der Waals surface area (Å²) in [5.74, 6) is -3.76. The molecule has 1 aliphatic carbocycles. The van der Waals surface area contributed by atoms with E-state index in [4.69, 9.17) is 9.47 Å². The summed E-state index contributed by atoms with van der Waals surface area (Å²) < 4.78 is 10.0. The van der Waals surface area contributed by atoms with E-state index >= 15 is 0 Å². The summed E-state index contributed by atoms with van der Waals surface area (Å²) in [5.41, 5.74) is 1.57. The lowest BCUT2D eigenvalue weighted by atomic mass is 9.72. The van der Waals surface area contributed by atoms with Crippen LogP contribution in [0.25, 0.3) is 0 Å². The first-order valence-electron chi connectivity index (χ1n) is 8.05. The van der Waals surface area contributed by atoms with Gasteiger partial charge in [-0.15, -0.1) is 0 Å². The highest BCUT2D eigenvalue weighted by molar-refractivity contribution is 5.96. The number of nitro groups is 1. The van der Waals surface area contributed by atoms with Gasteiger partial charge >= 0.3 is 11.9 Å². The monoisotopic (exact) mass is 335 g/mol. The molecule has 0 spiro atoms. The summed E-state index contributed by atoms with van der Waals surface area (Å²) in [7, 11) is 0. The average molecular weight is 335 g/mol. The van der Waals surface area contributed by atoms with Crippen LogP contribution in [0.15, 0.2) is 24.3 Å². The summed E-state index contributed by atoms with van der Waals surface area (Å²) in [5, 5.41) is 11.5. The van der Waals surface area contributed by atoms with E-state index in [0.717, 1.165) is 5.56 Å². The number of aryl methyl sites for hydroxylation is 1. The molecule has 0 N–H and O–H groups in total. The maximum Gasteiger partial charge on any atom is 0.321 e. The fourth-order valence-corrected chi connectivity index (χ4v) is 3.27. The van der Waals surface area contributed by atoms with Gasteiger partial charge in [-0.1, -0.05) is 24.3 Å². The van der Waals surface area contributed by atoms with Crippen LogP contribution in [0.1, 0.15) is 37.3 Å². The molecule has 0 amide bonds. The summed E-state index contributed by atoms with van der Waals surface area (Å²) >= 11 is 0. The fraction of sp³-hybridized carbons (Fsp3) is 0.529. The Bertz CT molecular complexity index is 611. The smallest absolute Gasteiger partial charge is 0.321 e. The average Bonchev–Trinajstić information content (AvgIpc) is 2.55. The number of carbonyl (C=O) groups excluding carboxylic acids is 2. The lowest BCUT2D eigenvalue weighted by Crippen LogP contribution is -2.43. The first-order chi connectivity index (χ1) is 11.5. The summed E-state index contributed by atoms with van der Waals surface area (Å²) in [4.78, 5) is 35.9. The summed E-state index contributed by atoms with van der Waals surface area (Å²) in [6, 6.07) is 6.17. The Kier molecular flexibility index (Phi) is 5.89. The summed E-state index contributed by atoms with van der Waals surface area (Å²) in [6.07, 6.45) is 0.806. The SMILES string of the molecule is CCOC(=O)C(C(=O)OCC)C1c2ccccc2CCC1[N+](=O)[O-]. The van der Waals surface area contributed by atoms with Crippen molar-refractivity contribution in [3.05, 3.63) is 45.5 Å². The molecule has 2 atom stereocenters. The molecule has 1 aromatic carbocycles. The number of rotatable bonds is 6. The third-order valence-electron chi connectivity index (χ3n) is 4.25. The van der Waals surface area contributed by atoms with Crippen molar-refractivity contribution in [2.75, 3.05) is 13.2 Å². The summed E-state index contributed by atoms with van der Waals surface area (Å²) in [6.45, 7) is 3.43. The minimum Gasteiger partial charge on any atom is -0.465 e. The van der Waals surface area contributed by atoms with Gasteiger partial charge < -0.3 is 9.47 Å². The van der Waals surface area contributed by atoms with Crippen LogP contribution >= 0.6 is 0 Å². The first kappa shape index (κ1) is 17.9. The minimum absolute atomic E-state index is 0.0895. The van der Waals surface area contributed by atoms with Gasteiger partial charge in [0.1, 0.15) is 0 Å². The topological polar surface area (TPSA) is 95.7 Å². The van der Waals surface area contributed by atoms with Gasteiger partial charge in [-0.25, -0.2) is 0 Å². The number of ether oxygens (including phenoxy) is 2. The van der Waals surface area contributed by atoms with Gasteiger partial charge in [-0.3, -0.25) is 19.7 Å². The lowest BCUT2D eigenvalue weighted by Gasteiger charge is -2.31. The second kappa shape index (κ2) is 7.90. The van der Waals surface area contributed by atoms with Crippen LogP contribution < -0.4 is 0 Å². The molecule has 130 valence electrons. The van der Waals surface area contributed by atoms with Crippen LogP contribution in [0.4, 0.5) is 0 Å². The van der Waals surface area contributed by atoms with Crippen molar-refractivity contribution in [1.29, 1.82) is 0 Å². The fourth-order valence-electron chi connectivity index (χ4n) is 3.27. The first-order valence-corrected chi connectivity index (χ1v) is 8.05. The molecular weight excluding hydrogens is 314 g/mol. The normalized spacial score (nSPS) is 19.5. The van der Waals surface area contributed by atoms with Gasteiger partial charge in [0, 0.05) is 11.3 Å². The van der Waals surface area contributed by atoms with E-state index in [-0.39, 0.29) is 19.6 Å².